The number of aliphatic hydroxyl groups excluding tert-OH is 1. The molecule has 3 nitrogen and oxygen atoms in total. The molecule has 0 amide bonds. The first kappa shape index (κ1) is 21.2. The Hall–Kier alpha value is -1.47. The number of rotatable bonds is 8. The summed E-state index contributed by atoms with van der Waals surface area (Å²) in [6.45, 7) is 7.51. The zero-order chi connectivity index (χ0) is 19.9. The Labute approximate surface area is 170 Å². The second-order valence-electron chi connectivity index (χ2n) is 7.35. The highest BCUT2D eigenvalue weighted by atomic mass is 32.2. The van der Waals surface area contributed by atoms with Crippen LogP contribution in [0.4, 0.5) is 8.78 Å². The third-order valence-electron chi connectivity index (χ3n) is 5.02. The maximum atomic E-state index is 13.3. The van der Waals surface area contributed by atoms with Crippen molar-refractivity contribution in [1.29, 1.82) is 0 Å². The summed E-state index contributed by atoms with van der Waals surface area (Å²) in [5, 5.41) is 9.57. The quantitative estimate of drug-likeness (QED) is 0.722. The first-order chi connectivity index (χ1) is 13.5. The van der Waals surface area contributed by atoms with Crippen molar-refractivity contribution in [2.75, 3.05) is 45.0 Å². The van der Waals surface area contributed by atoms with Crippen molar-refractivity contribution in [3.05, 3.63) is 71.3 Å². The van der Waals surface area contributed by atoms with Gasteiger partial charge in [-0.05, 0) is 42.3 Å². The number of benzene rings is 2. The molecule has 0 unspecified atom stereocenters. The Bertz CT molecular complexity index is 671. The van der Waals surface area contributed by atoms with Crippen LogP contribution < -0.4 is 0 Å². The van der Waals surface area contributed by atoms with Crippen LogP contribution in [0.1, 0.15) is 23.3 Å². The molecule has 1 fully saturated rings. The molecule has 1 aliphatic heterocycles. The number of thioether (sulfide) groups is 1. The maximum Gasteiger partial charge on any atom is 0.123 e. The number of nitrogens with zero attached hydrogens (tertiary/aromatic N) is 2. The number of β-amino-alcohol motifs (C(OH)–C–C–N with tert-alkyl or cyclic N) is 1. The van der Waals surface area contributed by atoms with Crippen molar-refractivity contribution in [1.82, 2.24) is 9.80 Å². The first-order valence-corrected chi connectivity index (χ1v) is 10.8. The summed E-state index contributed by atoms with van der Waals surface area (Å²) in [5.74, 6) is 0.443. The molecule has 0 aliphatic carbocycles. The second-order valence-corrected chi connectivity index (χ2v) is 8.56. The maximum absolute atomic E-state index is 13.3. The minimum absolute atomic E-state index is 0.0535. The van der Waals surface area contributed by atoms with Crippen LogP contribution in [0.5, 0.6) is 0 Å². The van der Waals surface area contributed by atoms with Crippen molar-refractivity contribution >= 4 is 11.8 Å². The molecule has 2 aromatic rings. The van der Waals surface area contributed by atoms with E-state index in [2.05, 4.69) is 9.80 Å². The fraction of sp³-hybridized carbons (Fsp3) is 0.455. The predicted molar refractivity (Wildman–Crippen MR) is 112 cm³/mol. The Balaban J connectivity index is 1.57. The first-order valence-electron chi connectivity index (χ1n) is 9.76. The summed E-state index contributed by atoms with van der Waals surface area (Å²) in [6.07, 6.45) is -0.283. The van der Waals surface area contributed by atoms with E-state index < -0.39 is 0 Å². The van der Waals surface area contributed by atoms with Gasteiger partial charge in [-0.15, -0.1) is 11.8 Å². The summed E-state index contributed by atoms with van der Waals surface area (Å²) in [5.41, 5.74) is 2.06. The van der Waals surface area contributed by atoms with Crippen molar-refractivity contribution in [3.63, 3.8) is 0 Å². The molecule has 1 aliphatic rings. The van der Waals surface area contributed by atoms with Gasteiger partial charge in [0.25, 0.3) is 0 Å². The Morgan fingerprint density at radius 3 is 1.79 bits per heavy atom. The molecule has 0 saturated carbocycles. The molecule has 0 bridgehead atoms. The molecular weight excluding hydrogens is 378 g/mol. The molecule has 3 rings (SSSR count). The van der Waals surface area contributed by atoms with E-state index in [0.717, 1.165) is 56.1 Å². The molecule has 1 saturated heterocycles. The fourth-order valence-corrected chi connectivity index (χ4v) is 4.83. The highest BCUT2D eigenvalue weighted by Gasteiger charge is 2.19. The van der Waals surface area contributed by atoms with Gasteiger partial charge in [0.15, 0.2) is 0 Å². The molecule has 0 radical (unpaired) electrons. The van der Waals surface area contributed by atoms with Gasteiger partial charge in [-0.2, -0.15) is 0 Å². The van der Waals surface area contributed by atoms with Crippen molar-refractivity contribution in [3.8, 4) is 0 Å². The minimum atomic E-state index is -0.283. The lowest BCUT2D eigenvalue weighted by Gasteiger charge is -2.35. The van der Waals surface area contributed by atoms with Crippen LogP contribution in [0.15, 0.2) is 48.5 Å². The second kappa shape index (κ2) is 10.3. The lowest BCUT2D eigenvalue weighted by Crippen LogP contribution is -2.48. The van der Waals surface area contributed by atoms with Crippen molar-refractivity contribution < 1.29 is 13.9 Å². The third kappa shape index (κ3) is 6.27. The van der Waals surface area contributed by atoms with Crippen LogP contribution in [0, 0.1) is 11.6 Å². The molecular formula is C22H28F2N2OS. The zero-order valence-electron chi connectivity index (χ0n) is 16.2. The lowest BCUT2D eigenvalue weighted by atomic mass is 10.0. The highest BCUT2D eigenvalue weighted by molar-refractivity contribution is 7.99. The van der Waals surface area contributed by atoms with Gasteiger partial charge in [-0.1, -0.05) is 24.3 Å². The van der Waals surface area contributed by atoms with E-state index in [-0.39, 0.29) is 23.0 Å². The lowest BCUT2D eigenvalue weighted by molar-refractivity contribution is 0.0833. The summed E-state index contributed by atoms with van der Waals surface area (Å²) in [4.78, 5) is 4.74. The fourth-order valence-electron chi connectivity index (χ4n) is 3.53. The highest BCUT2D eigenvalue weighted by Crippen LogP contribution is 2.35. The van der Waals surface area contributed by atoms with Gasteiger partial charge in [0.2, 0.25) is 0 Å². The van der Waals surface area contributed by atoms with Gasteiger partial charge in [-0.3, -0.25) is 9.80 Å². The largest absolute Gasteiger partial charge is 0.392 e. The van der Waals surface area contributed by atoms with Gasteiger partial charge in [0.05, 0.1) is 11.4 Å². The van der Waals surface area contributed by atoms with E-state index in [0.29, 0.717) is 0 Å². The van der Waals surface area contributed by atoms with E-state index >= 15 is 0 Å². The summed E-state index contributed by atoms with van der Waals surface area (Å²) < 4.78 is 26.7. The van der Waals surface area contributed by atoms with E-state index in [9.17, 15) is 13.9 Å². The molecule has 1 N–H and O–H groups in total. The van der Waals surface area contributed by atoms with Crippen LogP contribution in [-0.2, 0) is 0 Å². The number of aliphatic hydroxyl groups is 1. The van der Waals surface area contributed by atoms with Crippen LogP contribution in [0.3, 0.4) is 0 Å². The molecule has 2 aromatic carbocycles. The molecule has 0 aromatic heterocycles. The van der Waals surface area contributed by atoms with Crippen LogP contribution in [0.25, 0.3) is 0 Å². The monoisotopic (exact) mass is 406 g/mol. The molecule has 28 heavy (non-hydrogen) atoms. The normalized spacial score (nSPS) is 17.2. The summed E-state index contributed by atoms with van der Waals surface area (Å²) in [7, 11) is 0. The van der Waals surface area contributed by atoms with Gasteiger partial charge < -0.3 is 5.11 Å². The predicted octanol–water partition coefficient (Wildman–Crippen LogP) is 3.79. The van der Waals surface area contributed by atoms with Gasteiger partial charge >= 0.3 is 0 Å². The van der Waals surface area contributed by atoms with E-state index in [1.165, 1.54) is 24.3 Å². The third-order valence-corrected chi connectivity index (χ3v) is 6.32. The van der Waals surface area contributed by atoms with Crippen molar-refractivity contribution in [2.24, 2.45) is 0 Å². The molecule has 1 atom stereocenters. The van der Waals surface area contributed by atoms with Crippen LogP contribution >= 0.6 is 11.8 Å². The Morgan fingerprint density at radius 1 is 0.857 bits per heavy atom. The van der Waals surface area contributed by atoms with Gasteiger partial charge in [0, 0.05) is 45.0 Å². The number of hydrogen-bond donors (Lipinski definition) is 1. The standard InChI is InChI=1S/C22H28F2N2OS/c1-17(27)16-26-12-10-25(11-13-26)14-15-28-22(18-2-6-20(23)7-3-18)19-4-8-21(24)9-5-19/h2-9,17,22,27H,10-16H2,1H3/t17-/m1/s1. The SMILES string of the molecule is C[C@@H](O)CN1CCN(CCSC(c2ccc(F)cc2)c2ccc(F)cc2)CC1. The average Bonchev–Trinajstić information content (AvgIpc) is 2.68. The van der Waals surface area contributed by atoms with E-state index in [4.69, 9.17) is 0 Å². The summed E-state index contributed by atoms with van der Waals surface area (Å²) >= 11 is 1.80. The topological polar surface area (TPSA) is 26.7 Å². The van der Waals surface area contributed by atoms with E-state index in [1.54, 1.807) is 11.8 Å². The molecule has 152 valence electrons. The van der Waals surface area contributed by atoms with Gasteiger partial charge in [-0.25, -0.2) is 8.78 Å². The van der Waals surface area contributed by atoms with Crippen molar-refractivity contribution in [2.45, 2.75) is 18.3 Å². The number of hydrogen-bond acceptors (Lipinski definition) is 4. The molecule has 6 heteroatoms. The molecule has 1 heterocycles. The van der Waals surface area contributed by atoms with Crippen LogP contribution in [-0.4, -0.2) is 66.0 Å². The Morgan fingerprint density at radius 2 is 1.32 bits per heavy atom. The minimum Gasteiger partial charge on any atom is -0.392 e. The number of halogens is 2. The van der Waals surface area contributed by atoms with Gasteiger partial charge in [0.1, 0.15) is 11.6 Å². The Kier molecular flexibility index (Phi) is 7.85. The smallest absolute Gasteiger partial charge is 0.123 e. The molecule has 0 spiro atoms. The summed E-state index contributed by atoms with van der Waals surface area (Å²) in [6, 6.07) is 13.2. The van der Waals surface area contributed by atoms with E-state index in [1.807, 2.05) is 31.2 Å². The average molecular weight is 407 g/mol. The van der Waals surface area contributed by atoms with Crippen LogP contribution in [0.2, 0.25) is 0 Å². The number of piperazine rings is 1. The zero-order valence-corrected chi connectivity index (χ0v) is 17.0.